The fourth-order valence-corrected chi connectivity index (χ4v) is 1.78. The molecule has 0 aliphatic rings. The standard InChI is InChI=1S/C15H15FN2O2/c16-12-9-11(6-7-14(12)19)18-15(20)13(17)8-10-4-2-1-3-5-10/h1-7,9,13,19H,8,17H2,(H,18,20)/t13-/m0/s1. The molecule has 5 heteroatoms. The summed E-state index contributed by atoms with van der Waals surface area (Å²) < 4.78 is 13.1. The first-order valence-corrected chi connectivity index (χ1v) is 6.15. The van der Waals surface area contributed by atoms with Gasteiger partial charge in [0, 0.05) is 11.8 Å². The van der Waals surface area contributed by atoms with Crippen molar-refractivity contribution >= 4 is 11.6 Å². The fourth-order valence-electron chi connectivity index (χ4n) is 1.78. The summed E-state index contributed by atoms with van der Waals surface area (Å²) in [6, 6.07) is 12.3. The third kappa shape index (κ3) is 3.55. The lowest BCUT2D eigenvalue weighted by atomic mass is 10.1. The number of halogens is 1. The number of carbonyl (C=O) groups is 1. The van der Waals surface area contributed by atoms with E-state index in [0.717, 1.165) is 11.6 Å². The van der Waals surface area contributed by atoms with Crippen LogP contribution in [0.5, 0.6) is 5.75 Å². The van der Waals surface area contributed by atoms with Gasteiger partial charge in [0.05, 0.1) is 6.04 Å². The minimum absolute atomic E-state index is 0.258. The summed E-state index contributed by atoms with van der Waals surface area (Å²) in [5.41, 5.74) is 7.02. The predicted octanol–water partition coefficient (Wildman–Crippen LogP) is 2.04. The highest BCUT2D eigenvalue weighted by molar-refractivity contribution is 5.94. The molecule has 1 atom stereocenters. The third-order valence-corrected chi connectivity index (χ3v) is 2.85. The Bertz CT molecular complexity index is 602. The molecular weight excluding hydrogens is 259 g/mol. The van der Waals surface area contributed by atoms with E-state index in [2.05, 4.69) is 5.32 Å². The van der Waals surface area contributed by atoms with Crippen molar-refractivity contribution in [3.05, 3.63) is 59.9 Å². The quantitative estimate of drug-likeness (QED) is 0.747. The molecule has 0 aliphatic heterocycles. The Balaban J connectivity index is 1.99. The number of benzene rings is 2. The maximum atomic E-state index is 13.1. The van der Waals surface area contributed by atoms with Gasteiger partial charge in [-0.05, 0) is 24.1 Å². The molecule has 4 N–H and O–H groups in total. The Labute approximate surface area is 116 Å². The number of hydrogen-bond acceptors (Lipinski definition) is 3. The van der Waals surface area contributed by atoms with Crippen molar-refractivity contribution in [3.8, 4) is 5.75 Å². The van der Waals surface area contributed by atoms with E-state index in [1.165, 1.54) is 12.1 Å². The molecule has 0 spiro atoms. The number of phenolic OH excluding ortho intramolecular Hbond substituents is 1. The molecule has 2 aromatic rings. The zero-order chi connectivity index (χ0) is 14.5. The maximum absolute atomic E-state index is 13.1. The van der Waals surface area contributed by atoms with E-state index in [1.807, 2.05) is 30.3 Å². The Hall–Kier alpha value is -2.40. The van der Waals surface area contributed by atoms with E-state index < -0.39 is 23.5 Å². The molecule has 1 amide bonds. The van der Waals surface area contributed by atoms with Crippen LogP contribution in [0, 0.1) is 5.82 Å². The van der Waals surface area contributed by atoms with Crippen molar-refractivity contribution in [1.29, 1.82) is 0 Å². The first kappa shape index (κ1) is 14.0. The lowest BCUT2D eigenvalue weighted by Gasteiger charge is -2.12. The third-order valence-electron chi connectivity index (χ3n) is 2.85. The molecular formula is C15H15FN2O2. The molecule has 0 saturated carbocycles. The molecule has 2 aromatic carbocycles. The smallest absolute Gasteiger partial charge is 0.241 e. The van der Waals surface area contributed by atoms with Crippen molar-refractivity contribution in [2.45, 2.75) is 12.5 Å². The number of rotatable bonds is 4. The number of nitrogens with one attached hydrogen (secondary N) is 1. The van der Waals surface area contributed by atoms with Gasteiger partial charge in [-0.25, -0.2) is 4.39 Å². The van der Waals surface area contributed by atoms with E-state index in [0.29, 0.717) is 6.42 Å². The van der Waals surface area contributed by atoms with Crippen LogP contribution >= 0.6 is 0 Å². The monoisotopic (exact) mass is 274 g/mol. The number of anilines is 1. The average molecular weight is 274 g/mol. The molecule has 0 saturated heterocycles. The lowest BCUT2D eigenvalue weighted by molar-refractivity contribution is -0.117. The second-order valence-corrected chi connectivity index (χ2v) is 4.45. The summed E-state index contributed by atoms with van der Waals surface area (Å²) in [7, 11) is 0. The van der Waals surface area contributed by atoms with Crippen LogP contribution in [-0.4, -0.2) is 17.1 Å². The van der Waals surface area contributed by atoms with Crippen LogP contribution in [0.1, 0.15) is 5.56 Å². The Kier molecular flexibility index (Phi) is 4.32. The second-order valence-electron chi connectivity index (χ2n) is 4.45. The maximum Gasteiger partial charge on any atom is 0.241 e. The van der Waals surface area contributed by atoms with Gasteiger partial charge in [-0.3, -0.25) is 4.79 Å². The van der Waals surface area contributed by atoms with Crippen LogP contribution in [-0.2, 0) is 11.2 Å². The van der Waals surface area contributed by atoms with Gasteiger partial charge in [0.25, 0.3) is 0 Å². The van der Waals surface area contributed by atoms with Gasteiger partial charge in [0.1, 0.15) is 0 Å². The van der Waals surface area contributed by atoms with Crippen LogP contribution in [0.3, 0.4) is 0 Å². The highest BCUT2D eigenvalue weighted by Crippen LogP contribution is 2.19. The number of amides is 1. The predicted molar refractivity (Wildman–Crippen MR) is 74.8 cm³/mol. The van der Waals surface area contributed by atoms with E-state index in [-0.39, 0.29) is 5.69 Å². The number of carbonyl (C=O) groups excluding carboxylic acids is 1. The van der Waals surface area contributed by atoms with E-state index >= 15 is 0 Å². The van der Waals surface area contributed by atoms with Crippen molar-refractivity contribution in [2.24, 2.45) is 5.73 Å². The van der Waals surface area contributed by atoms with Crippen LogP contribution in [0.15, 0.2) is 48.5 Å². The molecule has 4 nitrogen and oxygen atoms in total. The SMILES string of the molecule is N[C@@H](Cc1ccccc1)C(=O)Nc1ccc(O)c(F)c1. The van der Waals surface area contributed by atoms with Gasteiger partial charge in [-0.2, -0.15) is 0 Å². The summed E-state index contributed by atoms with van der Waals surface area (Å²) in [6.45, 7) is 0. The highest BCUT2D eigenvalue weighted by Gasteiger charge is 2.14. The van der Waals surface area contributed by atoms with E-state index in [1.54, 1.807) is 0 Å². The molecule has 0 fully saturated rings. The van der Waals surface area contributed by atoms with Crippen LogP contribution in [0.4, 0.5) is 10.1 Å². The summed E-state index contributed by atoms with van der Waals surface area (Å²) in [4.78, 5) is 11.9. The molecule has 104 valence electrons. The molecule has 0 bridgehead atoms. The topological polar surface area (TPSA) is 75.4 Å². The zero-order valence-electron chi connectivity index (χ0n) is 10.7. The van der Waals surface area contributed by atoms with Crippen molar-refractivity contribution in [1.82, 2.24) is 0 Å². The van der Waals surface area contributed by atoms with Gasteiger partial charge in [0.15, 0.2) is 11.6 Å². The summed E-state index contributed by atoms with van der Waals surface area (Å²) in [5, 5.41) is 11.6. The van der Waals surface area contributed by atoms with Crippen molar-refractivity contribution in [2.75, 3.05) is 5.32 Å². The summed E-state index contributed by atoms with van der Waals surface area (Å²) >= 11 is 0. The first-order valence-electron chi connectivity index (χ1n) is 6.15. The molecule has 0 aromatic heterocycles. The molecule has 0 unspecified atom stereocenters. The van der Waals surface area contributed by atoms with Crippen LogP contribution in [0.2, 0.25) is 0 Å². The Morgan fingerprint density at radius 3 is 2.60 bits per heavy atom. The highest BCUT2D eigenvalue weighted by atomic mass is 19.1. The second kappa shape index (κ2) is 6.16. The van der Waals surface area contributed by atoms with Gasteiger partial charge >= 0.3 is 0 Å². The van der Waals surface area contributed by atoms with E-state index in [9.17, 15) is 9.18 Å². The molecule has 20 heavy (non-hydrogen) atoms. The Morgan fingerprint density at radius 2 is 1.95 bits per heavy atom. The fraction of sp³-hybridized carbons (Fsp3) is 0.133. The number of nitrogens with two attached hydrogens (primary N) is 1. The van der Waals surface area contributed by atoms with Crippen molar-refractivity contribution < 1.29 is 14.3 Å². The normalized spacial score (nSPS) is 11.9. The van der Waals surface area contributed by atoms with Crippen LogP contribution in [0.25, 0.3) is 0 Å². The van der Waals surface area contributed by atoms with Gasteiger partial charge in [-0.15, -0.1) is 0 Å². The van der Waals surface area contributed by atoms with E-state index in [4.69, 9.17) is 10.8 Å². The van der Waals surface area contributed by atoms with Gasteiger partial charge < -0.3 is 16.2 Å². The van der Waals surface area contributed by atoms with Gasteiger partial charge in [-0.1, -0.05) is 30.3 Å². The molecule has 0 radical (unpaired) electrons. The summed E-state index contributed by atoms with van der Waals surface area (Å²) in [6.07, 6.45) is 0.396. The average Bonchev–Trinajstić information content (AvgIpc) is 2.44. The number of phenols is 1. The number of hydrogen-bond donors (Lipinski definition) is 3. The number of aromatic hydroxyl groups is 1. The van der Waals surface area contributed by atoms with Crippen molar-refractivity contribution in [3.63, 3.8) is 0 Å². The molecule has 2 rings (SSSR count). The summed E-state index contributed by atoms with van der Waals surface area (Å²) in [5.74, 6) is -1.66. The Morgan fingerprint density at radius 1 is 1.25 bits per heavy atom. The minimum Gasteiger partial charge on any atom is -0.505 e. The van der Waals surface area contributed by atoms with Crippen LogP contribution < -0.4 is 11.1 Å². The zero-order valence-corrected chi connectivity index (χ0v) is 10.7. The molecule has 0 aliphatic carbocycles. The van der Waals surface area contributed by atoms with Gasteiger partial charge in [0.2, 0.25) is 5.91 Å². The largest absolute Gasteiger partial charge is 0.505 e. The molecule has 0 heterocycles. The first-order chi connectivity index (χ1) is 9.56. The lowest BCUT2D eigenvalue weighted by Crippen LogP contribution is -2.37. The minimum atomic E-state index is -0.792.